The van der Waals surface area contributed by atoms with Crippen molar-refractivity contribution in [3.05, 3.63) is 315 Å². The van der Waals surface area contributed by atoms with Gasteiger partial charge in [0.15, 0.2) is 0 Å². The summed E-state index contributed by atoms with van der Waals surface area (Å²) in [4.78, 5) is 2.33. The van der Waals surface area contributed by atoms with Crippen LogP contribution in [-0.4, -0.2) is 18.3 Å². The van der Waals surface area contributed by atoms with Crippen LogP contribution in [0.2, 0.25) is 0 Å². The zero-order valence-corrected chi connectivity index (χ0v) is 50.9. The van der Waals surface area contributed by atoms with Crippen molar-refractivity contribution in [2.45, 2.75) is 38.9 Å². The summed E-state index contributed by atoms with van der Waals surface area (Å²) in [6.45, 7) is 8.43. The van der Waals surface area contributed by atoms with E-state index in [2.05, 4.69) is 348 Å². The molecule has 0 unspecified atom stereocenters. The molecular formula is C86H64BNO2. The molecule has 1 saturated heterocycles. The third-order valence-corrected chi connectivity index (χ3v) is 19.1. The van der Waals surface area contributed by atoms with Crippen LogP contribution < -0.4 is 10.4 Å². The molecular weight excluding hydrogens is 1090 g/mol. The summed E-state index contributed by atoms with van der Waals surface area (Å²) in [7, 11) is -0.403. The zero-order chi connectivity index (χ0) is 60.5. The molecule has 0 saturated carbocycles. The van der Waals surface area contributed by atoms with E-state index in [0.717, 1.165) is 22.5 Å². The zero-order valence-electron chi connectivity index (χ0n) is 50.9. The lowest BCUT2D eigenvalue weighted by Crippen LogP contribution is -2.41. The summed E-state index contributed by atoms with van der Waals surface area (Å²) >= 11 is 0. The topological polar surface area (TPSA) is 21.7 Å². The van der Waals surface area contributed by atoms with Crippen LogP contribution in [0.3, 0.4) is 0 Å². The van der Waals surface area contributed by atoms with Crippen molar-refractivity contribution in [1.82, 2.24) is 0 Å². The van der Waals surface area contributed by atoms with Gasteiger partial charge >= 0.3 is 7.12 Å². The van der Waals surface area contributed by atoms with Crippen molar-refractivity contribution >= 4 is 116 Å². The monoisotopic (exact) mass is 1150 g/mol. The average molecular weight is 1150 g/mol. The lowest BCUT2D eigenvalue weighted by molar-refractivity contribution is 0.00578. The quantitative estimate of drug-likeness (QED) is 0.0860. The number of nitrogens with zero attached hydrogens (tertiary/aromatic N) is 1. The highest BCUT2D eigenvalue weighted by Crippen LogP contribution is 2.54. The molecule has 0 atom stereocenters. The van der Waals surface area contributed by atoms with E-state index in [0.29, 0.717) is 0 Å². The van der Waals surface area contributed by atoms with Gasteiger partial charge in [-0.05, 0) is 200 Å². The van der Waals surface area contributed by atoms with Crippen LogP contribution in [0.1, 0.15) is 27.7 Å². The maximum Gasteiger partial charge on any atom is 0.496 e. The average Bonchev–Trinajstić information content (AvgIpc) is 0.811. The summed E-state index contributed by atoms with van der Waals surface area (Å²) in [5.74, 6) is 0. The second kappa shape index (κ2) is 22.2. The van der Waals surface area contributed by atoms with Crippen molar-refractivity contribution < 1.29 is 9.31 Å². The normalized spacial score (nSPS) is 13.6. The second-order valence-electron chi connectivity index (χ2n) is 24.7. The molecule has 1 fully saturated rings. The Kier molecular flexibility index (Phi) is 13.5. The second-order valence-corrected chi connectivity index (χ2v) is 24.7. The van der Waals surface area contributed by atoms with E-state index < -0.39 is 7.12 Å². The van der Waals surface area contributed by atoms with Gasteiger partial charge in [0.25, 0.3) is 0 Å². The molecule has 0 amide bonds. The molecule has 0 N–H and O–H groups in total. The van der Waals surface area contributed by atoms with E-state index in [9.17, 15) is 0 Å². The minimum atomic E-state index is -0.403. The molecule has 1 aliphatic heterocycles. The number of hydrogen-bond donors (Lipinski definition) is 0. The molecule has 0 spiro atoms. The van der Waals surface area contributed by atoms with Crippen molar-refractivity contribution in [1.29, 1.82) is 0 Å². The highest BCUT2D eigenvalue weighted by Gasteiger charge is 2.52. The molecule has 0 bridgehead atoms. The first kappa shape index (κ1) is 54.8. The summed E-state index contributed by atoms with van der Waals surface area (Å²) < 4.78 is 13.0. The summed E-state index contributed by atoms with van der Waals surface area (Å²) in [5.41, 5.74) is 13.7. The Morgan fingerprint density at radius 3 is 0.867 bits per heavy atom. The fourth-order valence-corrected chi connectivity index (χ4v) is 14.4. The largest absolute Gasteiger partial charge is 0.496 e. The van der Waals surface area contributed by atoms with Crippen LogP contribution in [0.4, 0.5) is 17.1 Å². The maximum absolute atomic E-state index is 6.49. The number of para-hydroxylation sites is 2. The number of hydrogen-bond acceptors (Lipinski definition) is 3. The highest BCUT2D eigenvalue weighted by atomic mass is 16.7. The first-order valence-electron chi connectivity index (χ1n) is 31.3. The predicted molar refractivity (Wildman–Crippen MR) is 385 cm³/mol. The van der Waals surface area contributed by atoms with Gasteiger partial charge in [-0.3, -0.25) is 0 Å². The number of rotatable bonds is 8. The van der Waals surface area contributed by atoms with Gasteiger partial charge in [-0.15, -0.1) is 0 Å². The fourth-order valence-electron chi connectivity index (χ4n) is 14.4. The molecule has 0 aromatic heterocycles. The van der Waals surface area contributed by atoms with Gasteiger partial charge < -0.3 is 14.2 Å². The first-order valence-corrected chi connectivity index (χ1v) is 31.3. The molecule has 17 rings (SSSR count). The Labute approximate surface area is 525 Å². The van der Waals surface area contributed by atoms with E-state index in [1.807, 2.05) is 0 Å². The van der Waals surface area contributed by atoms with Crippen LogP contribution in [0.5, 0.6) is 0 Å². The molecule has 1 aliphatic rings. The highest BCUT2D eigenvalue weighted by molar-refractivity contribution is 6.69. The Bertz CT molecular complexity index is 5250. The van der Waals surface area contributed by atoms with Gasteiger partial charge in [0.2, 0.25) is 0 Å². The van der Waals surface area contributed by atoms with Gasteiger partial charge in [-0.1, -0.05) is 279 Å². The Morgan fingerprint density at radius 1 is 0.222 bits per heavy atom. The summed E-state index contributed by atoms with van der Waals surface area (Å²) in [6.07, 6.45) is 0. The predicted octanol–water partition coefficient (Wildman–Crippen LogP) is 23.0. The third kappa shape index (κ3) is 9.05. The van der Waals surface area contributed by atoms with Crippen molar-refractivity contribution in [3.63, 3.8) is 0 Å². The Hall–Kier alpha value is -10.6. The Morgan fingerprint density at radius 2 is 0.478 bits per heavy atom. The van der Waals surface area contributed by atoms with Crippen LogP contribution in [-0.2, 0) is 9.31 Å². The minimum Gasteiger partial charge on any atom is -0.399 e. The maximum atomic E-state index is 6.49. The lowest BCUT2D eigenvalue weighted by Gasteiger charge is -2.32. The molecule has 4 heteroatoms. The van der Waals surface area contributed by atoms with Gasteiger partial charge in [0, 0.05) is 17.1 Å². The SMILES string of the molecule is CC1(C)OB(c2c3ccccc3c(-c3ccccc3)c3ccccc23)OC1(C)C.c1ccc(-c2c3ccccc3c(-c3c4ccccc4c(-c4ccc(N(c5ccccc5)c5ccccc5)cc4)c4c5ccccc5c5ccccc5c34)c3ccccc23)cc1. The van der Waals surface area contributed by atoms with Crippen LogP contribution in [0.15, 0.2) is 315 Å². The van der Waals surface area contributed by atoms with Crippen molar-refractivity contribution in [2.75, 3.05) is 4.90 Å². The van der Waals surface area contributed by atoms with Crippen molar-refractivity contribution in [2.24, 2.45) is 0 Å². The van der Waals surface area contributed by atoms with Crippen LogP contribution >= 0.6 is 0 Å². The van der Waals surface area contributed by atoms with Gasteiger partial charge in [0.05, 0.1) is 11.2 Å². The van der Waals surface area contributed by atoms with Gasteiger partial charge in [-0.25, -0.2) is 0 Å². The molecule has 428 valence electrons. The standard InChI is InChI=1S/C60H39N.C26H25BO2/c1-4-20-40(21-5-1)55-49-30-14-17-33-52(49)57(53-34-18-15-31-50(53)55)59-54-35-19-16-32-51(54)56(58-47-28-12-10-26-45(47)46-27-11-13-29-48(46)60(58)59)41-36-38-44(39-37-41)61(42-22-6-2-7-23-42)43-24-8-3-9-25-43;1-25(2)26(3,4)29-27(28-25)24-21-16-10-8-14-19(21)23(18-12-6-5-7-13-18)20-15-9-11-17-22(20)24/h1-39H;5-17H,1-4H3. The Balaban J connectivity index is 0.000000187. The van der Waals surface area contributed by atoms with Crippen molar-refractivity contribution in [3.8, 4) is 44.5 Å². The molecule has 90 heavy (non-hydrogen) atoms. The van der Waals surface area contributed by atoms with E-state index in [1.165, 1.54) is 131 Å². The van der Waals surface area contributed by atoms with E-state index >= 15 is 0 Å². The molecule has 16 aromatic rings. The third-order valence-electron chi connectivity index (χ3n) is 19.1. The van der Waals surface area contributed by atoms with Crippen LogP contribution in [0, 0.1) is 0 Å². The summed E-state index contributed by atoms with van der Waals surface area (Å²) in [5, 5.41) is 19.9. The molecule has 3 nitrogen and oxygen atoms in total. The molecule has 0 radical (unpaired) electrons. The smallest absolute Gasteiger partial charge is 0.399 e. The number of anilines is 3. The van der Waals surface area contributed by atoms with E-state index in [-0.39, 0.29) is 11.2 Å². The first-order chi connectivity index (χ1) is 44.2. The van der Waals surface area contributed by atoms with E-state index in [4.69, 9.17) is 9.31 Å². The lowest BCUT2D eigenvalue weighted by atomic mass is 9.71. The molecule has 1 heterocycles. The summed E-state index contributed by atoms with van der Waals surface area (Å²) in [6, 6.07) is 115. The van der Waals surface area contributed by atoms with Gasteiger partial charge in [0.1, 0.15) is 0 Å². The minimum absolute atomic E-state index is 0.377. The number of benzene rings is 16. The molecule has 16 aromatic carbocycles. The van der Waals surface area contributed by atoms with Crippen LogP contribution in [0.25, 0.3) is 131 Å². The van der Waals surface area contributed by atoms with E-state index in [1.54, 1.807) is 0 Å². The number of fused-ring (bicyclic) bond motifs is 11. The van der Waals surface area contributed by atoms with Gasteiger partial charge in [-0.2, -0.15) is 0 Å². The molecule has 0 aliphatic carbocycles. The fraction of sp³-hybridized carbons (Fsp3) is 0.0698.